The molecule has 0 atom stereocenters. The van der Waals surface area contributed by atoms with Gasteiger partial charge in [0, 0.05) is 0 Å². The molecule has 8 heavy (non-hydrogen) atoms. The SMILES string of the molecule is CC(C)(N)O[SH](=O)=O. The summed E-state index contributed by atoms with van der Waals surface area (Å²) in [4.78, 5) is 0. The van der Waals surface area contributed by atoms with Crippen LogP contribution in [0.1, 0.15) is 13.8 Å². The minimum Gasteiger partial charge on any atom is -0.303 e. The lowest BCUT2D eigenvalue weighted by atomic mass is 10.4. The fourth-order valence-corrected chi connectivity index (χ4v) is 0.576. The Balaban J connectivity index is 3.73. The van der Waals surface area contributed by atoms with E-state index in [1.54, 1.807) is 0 Å². The predicted octanol–water partition coefficient (Wildman–Crippen LogP) is -0.776. The monoisotopic (exact) mass is 139 g/mol. The van der Waals surface area contributed by atoms with Gasteiger partial charge in [0.25, 0.3) is 11.0 Å². The highest BCUT2D eigenvalue weighted by atomic mass is 32.2. The molecule has 0 rings (SSSR count). The maximum Gasteiger partial charge on any atom is 0.258 e. The first-order valence-corrected chi connectivity index (χ1v) is 3.14. The third-order valence-corrected chi connectivity index (χ3v) is 0.929. The largest absolute Gasteiger partial charge is 0.303 e. The van der Waals surface area contributed by atoms with Gasteiger partial charge in [-0.25, -0.2) is 8.42 Å². The van der Waals surface area contributed by atoms with Crippen molar-refractivity contribution in [2.75, 3.05) is 0 Å². The van der Waals surface area contributed by atoms with E-state index >= 15 is 0 Å². The lowest BCUT2D eigenvalue weighted by Crippen LogP contribution is -2.34. The van der Waals surface area contributed by atoms with Crippen LogP contribution < -0.4 is 5.73 Å². The van der Waals surface area contributed by atoms with Gasteiger partial charge in [-0.05, 0) is 13.8 Å². The summed E-state index contributed by atoms with van der Waals surface area (Å²) in [6, 6.07) is 0. The van der Waals surface area contributed by atoms with Gasteiger partial charge in [0.1, 0.15) is 5.72 Å². The van der Waals surface area contributed by atoms with Gasteiger partial charge in [0.05, 0.1) is 0 Å². The summed E-state index contributed by atoms with van der Waals surface area (Å²) >= 11 is 0. The Morgan fingerprint density at radius 1 is 1.50 bits per heavy atom. The molecule has 0 radical (unpaired) electrons. The van der Waals surface area contributed by atoms with Crippen LogP contribution in [0.25, 0.3) is 0 Å². The van der Waals surface area contributed by atoms with Crippen LogP contribution in [-0.4, -0.2) is 14.1 Å². The van der Waals surface area contributed by atoms with Crippen molar-refractivity contribution in [3.05, 3.63) is 0 Å². The van der Waals surface area contributed by atoms with Crippen molar-refractivity contribution in [1.29, 1.82) is 0 Å². The van der Waals surface area contributed by atoms with Crippen molar-refractivity contribution in [1.82, 2.24) is 0 Å². The van der Waals surface area contributed by atoms with E-state index in [1.807, 2.05) is 0 Å². The van der Waals surface area contributed by atoms with Crippen LogP contribution >= 0.6 is 0 Å². The van der Waals surface area contributed by atoms with Crippen LogP contribution in [0.3, 0.4) is 0 Å². The summed E-state index contributed by atoms with van der Waals surface area (Å²) in [6.07, 6.45) is 0. The van der Waals surface area contributed by atoms with E-state index in [0.717, 1.165) is 0 Å². The molecular weight excluding hydrogens is 130 g/mol. The van der Waals surface area contributed by atoms with E-state index in [9.17, 15) is 8.42 Å². The maximum absolute atomic E-state index is 9.75. The van der Waals surface area contributed by atoms with Crippen molar-refractivity contribution in [2.24, 2.45) is 5.73 Å². The van der Waals surface area contributed by atoms with E-state index in [4.69, 9.17) is 5.73 Å². The summed E-state index contributed by atoms with van der Waals surface area (Å²) in [5.74, 6) is 0. The van der Waals surface area contributed by atoms with Crippen molar-refractivity contribution < 1.29 is 12.6 Å². The molecule has 0 saturated heterocycles. The molecule has 0 aromatic rings. The molecule has 0 aromatic heterocycles. The second-order valence-electron chi connectivity index (χ2n) is 1.92. The van der Waals surface area contributed by atoms with E-state index in [1.165, 1.54) is 13.8 Å². The first kappa shape index (κ1) is 7.87. The highest BCUT2D eigenvalue weighted by Crippen LogP contribution is 1.96. The molecule has 0 aliphatic carbocycles. The second kappa shape index (κ2) is 2.43. The van der Waals surface area contributed by atoms with Gasteiger partial charge >= 0.3 is 0 Å². The highest BCUT2D eigenvalue weighted by molar-refractivity contribution is 7.67. The van der Waals surface area contributed by atoms with E-state index in [2.05, 4.69) is 4.18 Å². The summed E-state index contributed by atoms with van der Waals surface area (Å²) in [6.45, 7) is 2.91. The minimum atomic E-state index is -2.81. The fourth-order valence-electron chi connectivity index (χ4n) is 0.192. The zero-order chi connectivity index (χ0) is 6.78. The Morgan fingerprint density at radius 3 is 1.88 bits per heavy atom. The lowest BCUT2D eigenvalue weighted by molar-refractivity contribution is 0.134. The lowest BCUT2D eigenvalue weighted by Gasteiger charge is -2.12. The van der Waals surface area contributed by atoms with Gasteiger partial charge in [-0.1, -0.05) is 0 Å². The standard InChI is InChI=1S/C3H9NO3S/c1-3(2,4)7-8(5)6/h8H,4H2,1-2H3. The minimum absolute atomic E-state index is 1.07. The van der Waals surface area contributed by atoms with E-state index in [-0.39, 0.29) is 0 Å². The summed E-state index contributed by atoms with van der Waals surface area (Å²) in [5.41, 5.74) is 4.06. The Hall–Kier alpha value is -0.130. The number of thiol groups is 1. The molecule has 0 saturated carbocycles. The van der Waals surface area contributed by atoms with Crippen LogP contribution in [0, 0.1) is 0 Å². The molecule has 0 aliphatic heterocycles. The van der Waals surface area contributed by atoms with Crippen molar-refractivity contribution in [3.8, 4) is 0 Å². The van der Waals surface area contributed by atoms with Crippen molar-refractivity contribution in [3.63, 3.8) is 0 Å². The quantitative estimate of drug-likeness (QED) is 0.389. The Labute approximate surface area is 49.8 Å². The van der Waals surface area contributed by atoms with Gasteiger partial charge in [0.15, 0.2) is 0 Å². The van der Waals surface area contributed by atoms with Crippen molar-refractivity contribution >= 4 is 11.0 Å². The topological polar surface area (TPSA) is 69.4 Å². The molecular formula is C3H9NO3S. The van der Waals surface area contributed by atoms with Gasteiger partial charge < -0.3 is 5.73 Å². The first-order valence-electron chi connectivity index (χ1n) is 2.04. The fraction of sp³-hybridized carbons (Fsp3) is 1.00. The average Bonchev–Trinajstić information content (AvgIpc) is 1.21. The molecule has 0 fully saturated rings. The van der Waals surface area contributed by atoms with Crippen LogP contribution in [0.2, 0.25) is 0 Å². The number of rotatable bonds is 2. The van der Waals surface area contributed by atoms with Crippen LogP contribution in [-0.2, 0) is 15.2 Å². The van der Waals surface area contributed by atoms with Crippen molar-refractivity contribution in [2.45, 2.75) is 19.6 Å². The Morgan fingerprint density at radius 2 is 1.88 bits per heavy atom. The van der Waals surface area contributed by atoms with E-state index in [0.29, 0.717) is 0 Å². The number of hydrogen-bond acceptors (Lipinski definition) is 4. The smallest absolute Gasteiger partial charge is 0.258 e. The molecule has 0 heterocycles. The molecule has 4 nitrogen and oxygen atoms in total. The molecule has 0 amide bonds. The highest BCUT2D eigenvalue weighted by Gasteiger charge is 2.10. The van der Waals surface area contributed by atoms with Gasteiger partial charge in [-0.2, -0.15) is 0 Å². The molecule has 0 unspecified atom stereocenters. The number of nitrogens with two attached hydrogens (primary N) is 1. The third-order valence-electron chi connectivity index (χ3n) is 0.310. The van der Waals surface area contributed by atoms with Crippen LogP contribution in [0.15, 0.2) is 0 Å². The summed E-state index contributed by atoms with van der Waals surface area (Å²) < 4.78 is 23.7. The third kappa shape index (κ3) is 5.87. The molecule has 0 bridgehead atoms. The zero-order valence-electron chi connectivity index (χ0n) is 4.75. The van der Waals surface area contributed by atoms with Crippen LogP contribution in [0.5, 0.6) is 0 Å². The van der Waals surface area contributed by atoms with Gasteiger partial charge in [0.2, 0.25) is 0 Å². The summed E-state index contributed by atoms with van der Waals surface area (Å²) in [5, 5.41) is 0. The van der Waals surface area contributed by atoms with Gasteiger partial charge in [-0.3, -0.25) is 4.18 Å². The molecule has 50 valence electrons. The molecule has 5 heteroatoms. The molecule has 0 aliphatic rings. The predicted molar refractivity (Wildman–Crippen MR) is 29.7 cm³/mol. The zero-order valence-corrected chi connectivity index (χ0v) is 5.64. The molecule has 0 spiro atoms. The Kier molecular flexibility index (Phi) is 2.39. The normalized spacial score (nSPS) is 12.5. The van der Waals surface area contributed by atoms with Crippen LogP contribution in [0.4, 0.5) is 0 Å². The number of hydrogen-bond donors (Lipinski definition) is 2. The first-order chi connectivity index (χ1) is 3.42. The Bertz CT molecular complexity index is 126. The average molecular weight is 139 g/mol. The molecule has 0 aromatic carbocycles. The maximum atomic E-state index is 9.75. The van der Waals surface area contributed by atoms with E-state index < -0.39 is 16.7 Å². The second-order valence-corrected chi connectivity index (χ2v) is 2.55. The molecule has 2 N–H and O–H groups in total. The van der Waals surface area contributed by atoms with Gasteiger partial charge in [-0.15, -0.1) is 0 Å². The summed E-state index contributed by atoms with van der Waals surface area (Å²) in [7, 11) is -2.81.